The lowest BCUT2D eigenvalue weighted by atomic mass is 9.98. The Morgan fingerprint density at radius 3 is 2.61 bits per heavy atom. The molecule has 0 aromatic heterocycles. The second-order valence-corrected chi connectivity index (χ2v) is 3.67. The van der Waals surface area contributed by atoms with Crippen LogP contribution in [0.5, 0.6) is 0 Å². The van der Waals surface area contributed by atoms with Gasteiger partial charge in [-0.05, 0) is 35.4 Å². The fourth-order valence-corrected chi connectivity index (χ4v) is 1.70. The molecule has 0 spiro atoms. The molecule has 0 aliphatic rings. The highest BCUT2D eigenvalue weighted by atomic mass is 19.1. The first kappa shape index (κ1) is 11.8. The zero-order valence-corrected chi connectivity index (χ0v) is 9.18. The van der Waals surface area contributed by atoms with E-state index in [-0.39, 0.29) is 5.56 Å². The predicted octanol–water partition coefficient (Wildman–Crippen LogP) is 1.73. The summed E-state index contributed by atoms with van der Waals surface area (Å²) in [6, 6.07) is 11.9. The molecule has 0 amide bonds. The monoisotopic (exact) mass is 240 g/mol. The van der Waals surface area contributed by atoms with Gasteiger partial charge in [0.2, 0.25) is 0 Å². The van der Waals surface area contributed by atoms with E-state index in [1.165, 1.54) is 12.1 Å². The fourth-order valence-electron chi connectivity index (χ4n) is 1.70. The van der Waals surface area contributed by atoms with E-state index in [4.69, 9.17) is 5.26 Å². The summed E-state index contributed by atoms with van der Waals surface area (Å²) >= 11 is 0. The summed E-state index contributed by atoms with van der Waals surface area (Å²) in [5.74, 6) is -2.13. The summed E-state index contributed by atoms with van der Waals surface area (Å²) in [4.78, 5) is 10.7. The van der Waals surface area contributed by atoms with Crippen LogP contribution in [0.4, 0.5) is 4.39 Å². The van der Waals surface area contributed by atoms with Crippen LogP contribution in [0.2, 0.25) is 0 Å². The Bertz CT molecular complexity index is 659. The van der Waals surface area contributed by atoms with Gasteiger partial charge in [-0.1, -0.05) is 18.2 Å². The van der Waals surface area contributed by atoms with Crippen LogP contribution in [0, 0.1) is 17.1 Å². The topological polar surface area (TPSA) is 63.9 Å². The van der Waals surface area contributed by atoms with Gasteiger partial charge in [-0.2, -0.15) is 5.26 Å². The van der Waals surface area contributed by atoms with E-state index in [9.17, 15) is 14.3 Å². The quantitative estimate of drug-likeness (QED) is 0.802. The number of hydrogen-bond donors (Lipinski definition) is 0. The second kappa shape index (κ2) is 4.68. The summed E-state index contributed by atoms with van der Waals surface area (Å²) in [5.41, 5.74) is 0.929. The van der Waals surface area contributed by atoms with E-state index in [0.717, 1.165) is 6.07 Å². The molecule has 88 valence electrons. The van der Waals surface area contributed by atoms with E-state index in [2.05, 4.69) is 0 Å². The SMILES string of the molecule is N#Cc1ccccc1-c1cc(F)cc(C(=O)[O-])c1. The predicted molar refractivity (Wildman–Crippen MR) is 60.9 cm³/mol. The molecular weight excluding hydrogens is 233 g/mol. The van der Waals surface area contributed by atoms with E-state index < -0.39 is 11.8 Å². The smallest absolute Gasteiger partial charge is 0.124 e. The Kier molecular flexibility index (Phi) is 3.07. The largest absolute Gasteiger partial charge is 0.545 e. The third-order valence-corrected chi connectivity index (χ3v) is 2.49. The Balaban J connectivity index is 2.65. The lowest BCUT2D eigenvalue weighted by Gasteiger charge is -2.08. The number of benzene rings is 2. The molecule has 0 unspecified atom stereocenters. The zero-order chi connectivity index (χ0) is 13.1. The van der Waals surface area contributed by atoms with E-state index in [0.29, 0.717) is 16.7 Å². The summed E-state index contributed by atoms with van der Waals surface area (Å²) in [7, 11) is 0. The van der Waals surface area contributed by atoms with Crippen LogP contribution in [0.15, 0.2) is 42.5 Å². The number of carbonyl (C=O) groups excluding carboxylic acids is 1. The van der Waals surface area contributed by atoms with Crippen LogP contribution >= 0.6 is 0 Å². The van der Waals surface area contributed by atoms with Gasteiger partial charge in [-0.3, -0.25) is 0 Å². The highest BCUT2D eigenvalue weighted by Crippen LogP contribution is 2.25. The Labute approximate surface area is 103 Å². The molecule has 0 aliphatic carbocycles. The molecule has 0 bridgehead atoms. The van der Waals surface area contributed by atoms with Gasteiger partial charge < -0.3 is 9.90 Å². The highest BCUT2D eigenvalue weighted by molar-refractivity contribution is 5.88. The van der Waals surface area contributed by atoms with Crippen LogP contribution in [0.3, 0.4) is 0 Å². The van der Waals surface area contributed by atoms with E-state index in [1.807, 2.05) is 6.07 Å². The first-order chi connectivity index (χ1) is 8.61. The van der Waals surface area contributed by atoms with Crippen LogP contribution in [-0.4, -0.2) is 5.97 Å². The summed E-state index contributed by atoms with van der Waals surface area (Å²) in [6.07, 6.45) is 0. The maximum absolute atomic E-state index is 13.3. The molecule has 3 nitrogen and oxygen atoms in total. The van der Waals surface area contributed by atoms with Gasteiger partial charge in [0.25, 0.3) is 0 Å². The normalized spacial score (nSPS) is 9.78. The molecule has 0 N–H and O–H groups in total. The first-order valence-electron chi connectivity index (χ1n) is 5.13. The standard InChI is InChI=1S/C14H8FNO2/c15-12-6-10(5-11(7-12)14(17)18)13-4-2-1-3-9(13)8-16/h1-7H,(H,17,18)/p-1. The van der Waals surface area contributed by atoms with Crippen molar-refractivity contribution in [3.05, 3.63) is 59.4 Å². The van der Waals surface area contributed by atoms with Gasteiger partial charge >= 0.3 is 0 Å². The van der Waals surface area contributed by atoms with Gasteiger partial charge in [0.05, 0.1) is 17.6 Å². The molecule has 0 aliphatic heterocycles. The third-order valence-electron chi connectivity index (χ3n) is 2.49. The number of carboxylic acid groups (broad SMARTS) is 1. The molecule has 0 radical (unpaired) electrons. The van der Waals surface area contributed by atoms with Gasteiger partial charge in [0.1, 0.15) is 5.82 Å². The average Bonchev–Trinajstić information content (AvgIpc) is 2.38. The van der Waals surface area contributed by atoms with Crippen LogP contribution < -0.4 is 5.11 Å². The molecule has 2 aromatic rings. The average molecular weight is 240 g/mol. The number of rotatable bonds is 2. The number of carboxylic acids is 1. The Morgan fingerprint density at radius 1 is 1.22 bits per heavy atom. The van der Waals surface area contributed by atoms with Crippen molar-refractivity contribution < 1.29 is 14.3 Å². The summed E-state index contributed by atoms with van der Waals surface area (Å²) in [6.45, 7) is 0. The number of nitrogens with zero attached hydrogens (tertiary/aromatic N) is 1. The number of hydrogen-bond acceptors (Lipinski definition) is 3. The van der Waals surface area contributed by atoms with Gasteiger partial charge in [0, 0.05) is 5.56 Å². The lowest BCUT2D eigenvalue weighted by molar-refractivity contribution is -0.255. The molecule has 0 saturated carbocycles. The van der Waals surface area contributed by atoms with Gasteiger partial charge in [-0.25, -0.2) is 4.39 Å². The van der Waals surface area contributed by atoms with E-state index >= 15 is 0 Å². The molecule has 0 atom stereocenters. The maximum Gasteiger partial charge on any atom is 0.124 e. The van der Waals surface area contributed by atoms with Crippen molar-refractivity contribution in [1.29, 1.82) is 5.26 Å². The van der Waals surface area contributed by atoms with Crippen molar-refractivity contribution in [2.75, 3.05) is 0 Å². The fraction of sp³-hybridized carbons (Fsp3) is 0. The minimum absolute atomic E-state index is 0.252. The van der Waals surface area contributed by atoms with Crippen LogP contribution in [0.25, 0.3) is 11.1 Å². The van der Waals surface area contributed by atoms with E-state index in [1.54, 1.807) is 24.3 Å². The molecule has 18 heavy (non-hydrogen) atoms. The number of aromatic carboxylic acids is 1. The first-order valence-corrected chi connectivity index (χ1v) is 5.13. The van der Waals surface area contributed by atoms with Crippen molar-refractivity contribution in [3.8, 4) is 17.2 Å². The van der Waals surface area contributed by atoms with Crippen LogP contribution in [-0.2, 0) is 0 Å². The number of halogens is 1. The minimum Gasteiger partial charge on any atom is -0.545 e. The molecule has 0 fully saturated rings. The van der Waals surface area contributed by atoms with Crippen molar-refractivity contribution in [3.63, 3.8) is 0 Å². The van der Waals surface area contributed by atoms with Gasteiger partial charge in [-0.15, -0.1) is 0 Å². The maximum atomic E-state index is 13.3. The Morgan fingerprint density at radius 2 is 1.94 bits per heavy atom. The molecule has 2 rings (SSSR count). The molecule has 0 saturated heterocycles. The zero-order valence-electron chi connectivity index (χ0n) is 9.18. The second-order valence-electron chi connectivity index (χ2n) is 3.67. The number of nitriles is 1. The van der Waals surface area contributed by atoms with Crippen molar-refractivity contribution in [2.24, 2.45) is 0 Å². The molecular formula is C14H7FNO2-. The van der Waals surface area contributed by atoms with Crippen molar-refractivity contribution >= 4 is 5.97 Å². The Hall–Kier alpha value is -2.67. The molecule has 2 aromatic carbocycles. The van der Waals surface area contributed by atoms with Crippen molar-refractivity contribution in [1.82, 2.24) is 0 Å². The highest BCUT2D eigenvalue weighted by Gasteiger charge is 2.07. The minimum atomic E-state index is -1.45. The third kappa shape index (κ3) is 2.20. The molecule has 0 heterocycles. The lowest BCUT2D eigenvalue weighted by Crippen LogP contribution is -2.22. The number of carbonyl (C=O) groups is 1. The summed E-state index contributed by atoms with van der Waals surface area (Å²) in [5, 5.41) is 19.7. The van der Waals surface area contributed by atoms with Crippen LogP contribution in [0.1, 0.15) is 15.9 Å². The van der Waals surface area contributed by atoms with Crippen molar-refractivity contribution in [2.45, 2.75) is 0 Å². The summed E-state index contributed by atoms with van der Waals surface area (Å²) < 4.78 is 13.3. The van der Waals surface area contributed by atoms with Gasteiger partial charge in [0.15, 0.2) is 0 Å². The molecule has 4 heteroatoms.